The van der Waals surface area contributed by atoms with Crippen molar-refractivity contribution in [2.24, 2.45) is 5.41 Å². The summed E-state index contributed by atoms with van der Waals surface area (Å²) >= 11 is 0. The zero-order valence-corrected chi connectivity index (χ0v) is 24.0. The number of benzene rings is 2. The molecule has 10 heteroatoms. The van der Waals surface area contributed by atoms with Crippen molar-refractivity contribution in [3.05, 3.63) is 84.2 Å². The molecule has 0 bridgehead atoms. The predicted octanol–water partition coefficient (Wildman–Crippen LogP) is 5.88. The summed E-state index contributed by atoms with van der Waals surface area (Å²) in [6.45, 7) is 4.22. The molecule has 0 aliphatic carbocycles. The molecule has 0 saturated carbocycles. The van der Waals surface area contributed by atoms with Crippen molar-refractivity contribution >= 4 is 17.2 Å². The molecule has 2 aliphatic heterocycles. The van der Waals surface area contributed by atoms with E-state index in [2.05, 4.69) is 18.0 Å². The number of anilines is 1. The second-order valence-electron chi connectivity index (χ2n) is 11.4. The molecule has 1 unspecified atom stereocenters. The van der Waals surface area contributed by atoms with Gasteiger partial charge in [-0.25, -0.2) is 14.4 Å². The van der Waals surface area contributed by atoms with Gasteiger partial charge < -0.3 is 20.1 Å². The normalized spacial score (nSPS) is 18.8. The van der Waals surface area contributed by atoms with E-state index in [0.717, 1.165) is 25.7 Å². The molecule has 1 amide bonds. The number of halogens is 1. The van der Waals surface area contributed by atoms with E-state index in [9.17, 15) is 10.1 Å². The summed E-state index contributed by atoms with van der Waals surface area (Å²) in [6, 6.07) is 16.0. The van der Waals surface area contributed by atoms with Gasteiger partial charge in [0, 0.05) is 56.2 Å². The van der Waals surface area contributed by atoms with Crippen molar-refractivity contribution in [3.63, 3.8) is 0 Å². The maximum Gasteiger partial charge on any atom is 0.264 e. The lowest BCUT2D eigenvalue weighted by Crippen LogP contribution is -2.40. The highest BCUT2D eigenvalue weighted by Crippen LogP contribution is 2.37. The van der Waals surface area contributed by atoms with Crippen LogP contribution in [0.15, 0.2) is 72.6 Å². The van der Waals surface area contributed by atoms with Crippen LogP contribution in [-0.2, 0) is 9.53 Å². The molecule has 2 fully saturated rings. The van der Waals surface area contributed by atoms with Crippen LogP contribution in [0.5, 0.6) is 11.5 Å². The van der Waals surface area contributed by atoms with Gasteiger partial charge in [-0.05, 0) is 55.4 Å². The maximum absolute atomic E-state index is 15.6. The number of hydrogen-bond acceptors (Lipinski definition) is 7. The van der Waals surface area contributed by atoms with Gasteiger partial charge in [-0.2, -0.15) is 5.26 Å². The zero-order valence-electron chi connectivity index (χ0n) is 24.0. The van der Waals surface area contributed by atoms with Crippen LogP contribution in [0.25, 0.3) is 16.8 Å². The number of ether oxygens (including phenoxy) is 2. The number of nitriles is 1. The third-order valence-corrected chi connectivity index (χ3v) is 8.34. The molecule has 2 aromatic heterocycles. The number of nitrogens with zero attached hydrogens (tertiary/aromatic N) is 5. The SMILES string of the molecule is CC1(C=C(C#N)C(=O)N2CCCC(c3nc(-c4ccc(Oc5ccccc5)cc4F)c4c(N)nccn34)C2)CCOCC1. The van der Waals surface area contributed by atoms with Crippen molar-refractivity contribution < 1.29 is 18.7 Å². The molecule has 4 aromatic rings. The minimum Gasteiger partial charge on any atom is -0.457 e. The first-order valence-corrected chi connectivity index (χ1v) is 14.5. The Balaban J connectivity index is 1.30. The van der Waals surface area contributed by atoms with Crippen molar-refractivity contribution in [1.29, 1.82) is 5.26 Å². The first kappa shape index (κ1) is 28.4. The highest BCUT2D eigenvalue weighted by molar-refractivity contribution is 5.97. The zero-order chi connectivity index (χ0) is 30.0. The summed E-state index contributed by atoms with van der Waals surface area (Å²) in [7, 11) is 0. The number of carbonyl (C=O) groups is 1. The van der Waals surface area contributed by atoms with E-state index in [1.807, 2.05) is 28.7 Å². The van der Waals surface area contributed by atoms with E-state index in [4.69, 9.17) is 20.2 Å². The Morgan fingerprint density at radius 3 is 2.74 bits per heavy atom. The molecular formula is C33H33FN6O3. The number of amides is 1. The molecule has 1 atom stereocenters. The quantitative estimate of drug-likeness (QED) is 0.223. The monoisotopic (exact) mass is 580 g/mol. The van der Waals surface area contributed by atoms with Crippen LogP contribution in [-0.4, -0.2) is 51.5 Å². The Kier molecular flexibility index (Phi) is 7.82. The fourth-order valence-corrected chi connectivity index (χ4v) is 5.95. The molecule has 2 aliphatic rings. The number of rotatable bonds is 6. The largest absolute Gasteiger partial charge is 0.457 e. The molecule has 220 valence electrons. The lowest BCUT2D eigenvalue weighted by molar-refractivity contribution is -0.128. The van der Waals surface area contributed by atoms with E-state index >= 15 is 4.39 Å². The molecule has 2 aromatic carbocycles. The Hall–Kier alpha value is -4.75. The lowest BCUT2D eigenvalue weighted by Gasteiger charge is -2.34. The lowest BCUT2D eigenvalue weighted by atomic mass is 9.80. The molecule has 0 radical (unpaired) electrons. The minimum atomic E-state index is -0.505. The number of aromatic nitrogens is 3. The van der Waals surface area contributed by atoms with Crippen molar-refractivity contribution in [3.8, 4) is 28.8 Å². The average Bonchev–Trinajstić information content (AvgIpc) is 3.41. The Morgan fingerprint density at radius 2 is 2.00 bits per heavy atom. The Bertz CT molecular complexity index is 1720. The highest BCUT2D eigenvalue weighted by Gasteiger charge is 2.33. The summed E-state index contributed by atoms with van der Waals surface area (Å²) in [5.74, 6) is 0.924. The van der Waals surface area contributed by atoms with Crippen LogP contribution in [0.1, 0.15) is 44.3 Å². The number of nitrogens with two attached hydrogens (primary N) is 1. The van der Waals surface area contributed by atoms with Gasteiger partial charge in [0.2, 0.25) is 0 Å². The van der Waals surface area contributed by atoms with Crippen molar-refractivity contribution in [2.45, 2.75) is 38.5 Å². The molecule has 0 spiro atoms. The summed E-state index contributed by atoms with van der Waals surface area (Å²) in [5, 5.41) is 9.91. The minimum absolute atomic E-state index is 0.150. The molecule has 9 nitrogen and oxygen atoms in total. The van der Waals surface area contributed by atoms with Gasteiger partial charge in [-0.1, -0.05) is 31.2 Å². The van der Waals surface area contributed by atoms with Crippen LogP contribution < -0.4 is 10.5 Å². The molecular weight excluding hydrogens is 547 g/mol. The van der Waals surface area contributed by atoms with E-state index in [0.29, 0.717) is 54.8 Å². The third kappa shape index (κ3) is 5.81. The number of fused-ring (bicyclic) bond motifs is 1. The van der Waals surface area contributed by atoms with E-state index in [1.54, 1.807) is 41.6 Å². The van der Waals surface area contributed by atoms with Crippen LogP contribution >= 0.6 is 0 Å². The second-order valence-corrected chi connectivity index (χ2v) is 11.4. The van der Waals surface area contributed by atoms with Crippen molar-refractivity contribution in [2.75, 3.05) is 32.0 Å². The average molecular weight is 581 g/mol. The third-order valence-electron chi connectivity index (χ3n) is 8.34. The van der Waals surface area contributed by atoms with Crippen LogP contribution in [0, 0.1) is 22.6 Å². The van der Waals surface area contributed by atoms with Crippen LogP contribution in [0.4, 0.5) is 10.2 Å². The van der Waals surface area contributed by atoms with E-state index < -0.39 is 5.82 Å². The summed E-state index contributed by atoms with van der Waals surface area (Å²) in [4.78, 5) is 24.4. The van der Waals surface area contributed by atoms with Gasteiger partial charge in [-0.3, -0.25) is 9.20 Å². The van der Waals surface area contributed by atoms with Crippen LogP contribution in [0.2, 0.25) is 0 Å². The first-order chi connectivity index (χ1) is 20.8. The van der Waals surface area contributed by atoms with Gasteiger partial charge in [0.1, 0.15) is 51.8 Å². The van der Waals surface area contributed by atoms with Gasteiger partial charge in [0.05, 0.1) is 0 Å². The number of piperidine rings is 1. The van der Waals surface area contributed by atoms with Gasteiger partial charge in [-0.15, -0.1) is 0 Å². The molecule has 2 N–H and O–H groups in total. The molecule has 43 heavy (non-hydrogen) atoms. The standard InChI is InChI=1S/C33H33FN6O3/c1-33(11-16-42-17-12-33)19-23(20-35)32(41)39-14-5-6-22(21-39)31-38-28(29-30(36)37-13-15-40(29)31)26-10-9-25(18-27(26)34)43-24-7-3-2-4-8-24/h2-4,7-10,13,15,18-19,22H,5-6,11-12,14,16-17,21H2,1H3,(H2,36,37). The predicted molar refractivity (Wildman–Crippen MR) is 160 cm³/mol. The number of likely N-dealkylation sites (tertiary alicyclic amines) is 1. The molecule has 6 rings (SSSR count). The molecule has 2 saturated heterocycles. The van der Waals surface area contributed by atoms with Gasteiger partial charge in [0.15, 0.2) is 0 Å². The first-order valence-electron chi connectivity index (χ1n) is 14.5. The van der Waals surface area contributed by atoms with Crippen LogP contribution in [0.3, 0.4) is 0 Å². The summed E-state index contributed by atoms with van der Waals surface area (Å²) in [6.07, 6.45) is 8.22. The smallest absolute Gasteiger partial charge is 0.264 e. The molecule has 4 heterocycles. The number of nitrogen functional groups attached to an aromatic ring is 1. The summed E-state index contributed by atoms with van der Waals surface area (Å²) < 4.78 is 28.7. The summed E-state index contributed by atoms with van der Waals surface area (Å²) in [5.41, 5.74) is 7.37. The van der Waals surface area contributed by atoms with E-state index in [-0.39, 0.29) is 34.2 Å². The number of imidazole rings is 1. The topological polar surface area (TPSA) is 119 Å². The maximum atomic E-state index is 15.6. The highest BCUT2D eigenvalue weighted by atomic mass is 19.1. The van der Waals surface area contributed by atoms with Gasteiger partial charge in [0.25, 0.3) is 5.91 Å². The Morgan fingerprint density at radius 1 is 1.21 bits per heavy atom. The number of hydrogen-bond donors (Lipinski definition) is 1. The van der Waals surface area contributed by atoms with Crippen molar-refractivity contribution in [1.82, 2.24) is 19.3 Å². The number of allylic oxidation sites excluding steroid dienone is 1. The Labute approximate surface area is 249 Å². The van der Waals surface area contributed by atoms with E-state index in [1.165, 1.54) is 6.07 Å². The van der Waals surface area contributed by atoms with Gasteiger partial charge >= 0.3 is 0 Å². The fraction of sp³-hybridized carbons (Fsp3) is 0.333. The second kappa shape index (κ2) is 11.9. The fourth-order valence-electron chi connectivity index (χ4n) is 5.95. The number of carbonyl (C=O) groups excluding carboxylic acids is 1. The number of para-hydroxylation sites is 1.